The molecule has 0 bridgehead atoms. The zero-order chi connectivity index (χ0) is 15.9. The van der Waals surface area contributed by atoms with E-state index in [-0.39, 0.29) is 0 Å². The average Bonchev–Trinajstić information content (AvgIpc) is 2.38. The molecule has 1 atom stereocenters. The Morgan fingerprint density at radius 3 is 2.64 bits per heavy atom. The van der Waals surface area contributed by atoms with Gasteiger partial charge in [-0.2, -0.15) is 0 Å². The Kier molecular flexibility index (Phi) is 4.11. The maximum Gasteiger partial charge on any atom is 0.451 e. The Bertz CT molecular complexity index is 684. The number of fused-ring (bicyclic) bond motifs is 1. The van der Waals surface area contributed by atoms with Crippen molar-refractivity contribution in [2.75, 3.05) is 18.0 Å². The maximum absolute atomic E-state index is 9.11. The zero-order valence-electron chi connectivity index (χ0n) is 13.5. The molecule has 1 aliphatic rings. The summed E-state index contributed by atoms with van der Waals surface area (Å²) in [5, 5.41) is 19.4. The Labute approximate surface area is 131 Å². The molecule has 2 aromatic rings. The van der Waals surface area contributed by atoms with Crippen molar-refractivity contribution in [3.8, 4) is 0 Å². The van der Waals surface area contributed by atoms with Crippen LogP contribution in [0, 0.1) is 25.7 Å². The highest BCUT2D eigenvalue weighted by Crippen LogP contribution is 2.35. The van der Waals surface area contributed by atoms with Crippen LogP contribution in [0.1, 0.15) is 18.1 Å². The van der Waals surface area contributed by atoms with Crippen LogP contribution in [0.3, 0.4) is 0 Å². The zero-order valence-corrected chi connectivity index (χ0v) is 13.5. The molecule has 0 amide bonds. The summed E-state index contributed by atoms with van der Waals surface area (Å²) in [4.78, 5) is 6.85. The lowest BCUT2D eigenvalue weighted by Crippen LogP contribution is -2.50. The second-order valence-electron chi connectivity index (χ2n) is 6.64. The minimum absolute atomic E-state index is 0.327. The number of rotatable bonds is 4. The predicted molar refractivity (Wildman–Crippen MR) is 91.1 cm³/mol. The molecular formula is C17H23BN2O2. The van der Waals surface area contributed by atoms with Gasteiger partial charge in [0.1, 0.15) is 0 Å². The van der Waals surface area contributed by atoms with Crippen LogP contribution in [-0.4, -0.2) is 35.2 Å². The van der Waals surface area contributed by atoms with Gasteiger partial charge in [-0.15, -0.1) is 0 Å². The van der Waals surface area contributed by atoms with Crippen LogP contribution in [0.15, 0.2) is 24.4 Å². The number of nitrogens with zero attached hydrogens (tertiary/aromatic N) is 2. The molecule has 1 unspecified atom stereocenters. The molecule has 2 N–H and O–H groups in total. The van der Waals surface area contributed by atoms with Gasteiger partial charge in [-0.05, 0) is 61.3 Å². The van der Waals surface area contributed by atoms with E-state index in [1.807, 2.05) is 6.20 Å². The number of anilines is 1. The summed E-state index contributed by atoms with van der Waals surface area (Å²) in [7, 11) is -1.20. The van der Waals surface area contributed by atoms with Crippen LogP contribution in [0.5, 0.6) is 0 Å². The van der Waals surface area contributed by atoms with Crippen LogP contribution < -0.4 is 4.90 Å². The molecule has 0 radical (unpaired) electrons. The molecular weight excluding hydrogens is 275 g/mol. The first-order chi connectivity index (χ1) is 10.5. The Balaban J connectivity index is 1.80. The van der Waals surface area contributed by atoms with Gasteiger partial charge in [-0.1, -0.05) is 6.92 Å². The summed E-state index contributed by atoms with van der Waals surface area (Å²) in [5.74, 6) is 0.852. The van der Waals surface area contributed by atoms with E-state index in [9.17, 15) is 0 Å². The number of pyridine rings is 1. The molecule has 0 spiro atoms. The van der Waals surface area contributed by atoms with Crippen molar-refractivity contribution in [3.63, 3.8) is 0 Å². The fraction of sp³-hybridized carbons (Fsp3) is 0.471. The Morgan fingerprint density at radius 1 is 1.27 bits per heavy atom. The summed E-state index contributed by atoms with van der Waals surface area (Å²) in [6.07, 6.45) is 2.33. The van der Waals surface area contributed by atoms with Crippen molar-refractivity contribution < 1.29 is 10.0 Å². The van der Waals surface area contributed by atoms with Crippen molar-refractivity contribution in [1.82, 2.24) is 4.98 Å². The lowest BCUT2D eigenvalue weighted by molar-refractivity contribution is 0.289. The minimum Gasteiger partial charge on any atom is -0.427 e. The van der Waals surface area contributed by atoms with Crippen molar-refractivity contribution >= 4 is 23.7 Å². The summed E-state index contributed by atoms with van der Waals surface area (Å²) in [6.45, 7) is 8.29. The molecule has 1 fully saturated rings. The summed E-state index contributed by atoms with van der Waals surface area (Å²) < 4.78 is 0. The first-order valence-electron chi connectivity index (χ1n) is 7.92. The molecule has 4 nitrogen and oxygen atoms in total. The van der Waals surface area contributed by atoms with Crippen LogP contribution in [0.25, 0.3) is 10.9 Å². The van der Waals surface area contributed by atoms with Crippen molar-refractivity contribution in [2.24, 2.45) is 11.8 Å². The first-order valence-corrected chi connectivity index (χ1v) is 7.92. The minimum atomic E-state index is -1.20. The van der Waals surface area contributed by atoms with E-state index >= 15 is 0 Å². The molecule has 0 saturated carbocycles. The third kappa shape index (κ3) is 2.83. The van der Waals surface area contributed by atoms with Crippen LogP contribution in [-0.2, 0) is 0 Å². The number of hydrogen-bond acceptors (Lipinski definition) is 4. The van der Waals surface area contributed by atoms with Crippen molar-refractivity contribution in [3.05, 3.63) is 35.5 Å². The lowest BCUT2D eigenvalue weighted by atomic mass is 9.72. The molecule has 2 heterocycles. The Hall–Kier alpha value is -1.59. The first kappa shape index (κ1) is 15.3. The van der Waals surface area contributed by atoms with Gasteiger partial charge in [0.15, 0.2) is 0 Å². The van der Waals surface area contributed by atoms with Crippen LogP contribution in [0.4, 0.5) is 5.69 Å². The van der Waals surface area contributed by atoms with E-state index in [0.717, 1.165) is 18.6 Å². The van der Waals surface area contributed by atoms with Crippen molar-refractivity contribution in [2.45, 2.75) is 27.1 Å². The molecule has 22 heavy (non-hydrogen) atoms. The average molecular weight is 298 g/mol. The summed E-state index contributed by atoms with van der Waals surface area (Å²) in [6, 6.07) is 6.45. The molecule has 1 saturated heterocycles. The van der Waals surface area contributed by atoms with E-state index in [4.69, 9.17) is 10.0 Å². The summed E-state index contributed by atoms with van der Waals surface area (Å²) in [5.41, 5.74) is 4.84. The number of aryl methyl sites for hydroxylation is 2. The van der Waals surface area contributed by atoms with E-state index in [1.54, 1.807) is 0 Å². The molecule has 3 rings (SSSR count). The maximum atomic E-state index is 9.11. The number of hydrogen-bond donors (Lipinski definition) is 2. The quantitative estimate of drug-likeness (QED) is 0.851. The topological polar surface area (TPSA) is 56.6 Å². The smallest absolute Gasteiger partial charge is 0.427 e. The second kappa shape index (κ2) is 5.90. The molecule has 1 aliphatic heterocycles. The highest BCUT2D eigenvalue weighted by atomic mass is 16.4. The van der Waals surface area contributed by atoms with Gasteiger partial charge in [0.05, 0.1) is 5.52 Å². The molecule has 5 heteroatoms. The van der Waals surface area contributed by atoms with E-state index in [1.165, 1.54) is 22.2 Å². The largest absolute Gasteiger partial charge is 0.451 e. The van der Waals surface area contributed by atoms with Gasteiger partial charge >= 0.3 is 7.12 Å². The molecule has 1 aromatic heterocycles. The number of aromatic nitrogens is 1. The SMILES string of the molecule is Cc1cc2nccc(N3CC(C(C)CB(O)O)C3)c2cc1C. The van der Waals surface area contributed by atoms with Crippen molar-refractivity contribution in [1.29, 1.82) is 0 Å². The van der Waals surface area contributed by atoms with E-state index < -0.39 is 7.12 Å². The molecule has 1 aromatic carbocycles. The normalized spacial score (nSPS) is 16.7. The fourth-order valence-corrected chi connectivity index (χ4v) is 3.26. The highest BCUT2D eigenvalue weighted by molar-refractivity contribution is 6.41. The van der Waals surface area contributed by atoms with Gasteiger partial charge in [0, 0.05) is 30.4 Å². The fourth-order valence-electron chi connectivity index (χ4n) is 3.26. The van der Waals surface area contributed by atoms with Gasteiger partial charge in [-0.3, -0.25) is 4.98 Å². The lowest BCUT2D eigenvalue weighted by Gasteiger charge is -2.44. The molecule has 116 valence electrons. The predicted octanol–water partition coefficient (Wildman–Crippen LogP) is 2.40. The third-order valence-electron chi connectivity index (χ3n) is 4.97. The van der Waals surface area contributed by atoms with E-state index in [2.05, 4.69) is 48.9 Å². The van der Waals surface area contributed by atoms with Gasteiger partial charge in [0.2, 0.25) is 0 Å². The summed E-state index contributed by atoms with van der Waals surface area (Å²) >= 11 is 0. The number of benzene rings is 1. The van der Waals surface area contributed by atoms with Gasteiger partial charge < -0.3 is 14.9 Å². The van der Waals surface area contributed by atoms with E-state index in [0.29, 0.717) is 18.2 Å². The highest BCUT2D eigenvalue weighted by Gasteiger charge is 2.33. The van der Waals surface area contributed by atoms with Crippen LogP contribution in [0.2, 0.25) is 6.32 Å². The third-order valence-corrected chi connectivity index (χ3v) is 4.97. The van der Waals surface area contributed by atoms with Gasteiger partial charge in [-0.25, -0.2) is 0 Å². The Morgan fingerprint density at radius 2 is 1.95 bits per heavy atom. The monoisotopic (exact) mass is 298 g/mol. The second-order valence-corrected chi connectivity index (χ2v) is 6.64. The van der Waals surface area contributed by atoms with Gasteiger partial charge in [0.25, 0.3) is 0 Å². The van der Waals surface area contributed by atoms with Crippen LogP contribution >= 0.6 is 0 Å². The standard InChI is InChI=1S/C17H23BN2O2/c1-11-6-15-16(7-12(11)2)19-5-4-17(15)20-9-14(10-20)13(3)8-18(21)22/h4-7,13-14,21-22H,8-10H2,1-3H3. The molecule has 0 aliphatic carbocycles.